The third-order valence-electron chi connectivity index (χ3n) is 4.18. The highest BCUT2D eigenvalue weighted by Crippen LogP contribution is 2.37. The number of carbonyl (C=O) groups excluding carboxylic acids is 1. The predicted octanol–water partition coefficient (Wildman–Crippen LogP) is 3.07. The first-order valence-corrected chi connectivity index (χ1v) is 7.10. The number of nitrogens with one attached hydrogen (secondary N) is 1. The minimum Gasteiger partial charge on any atom is -0.384 e. The molecular weight excluding hydrogens is 257 g/mol. The maximum Gasteiger partial charge on any atom is 0.251 e. The Morgan fingerprint density at radius 1 is 1.40 bits per heavy atom. The van der Waals surface area contributed by atoms with Gasteiger partial charge in [0.15, 0.2) is 0 Å². The molecule has 1 aromatic carbocycles. The smallest absolute Gasteiger partial charge is 0.251 e. The van der Waals surface area contributed by atoms with Gasteiger partial charge in [0.1, 0.15) is 5.82 Å². The van der Waals surface area contributed by atoms with E-state index >= 15 is 0 Å². The Hall–Kier alpha value is -1.42. The fourth-order valence-corrected chi connectivity index (χ4v) is 3.01. The van der Waals surface area contributed by atoms with Crippen molar-refractivity contribution in [2.75, 3.05) is 20.3 Å². The molecule has 2 rings (SSSR count). The highest BCUT2D eigenvalue weighted by Gasteiger charge is 2.34. The molecule has 1 aliphatic rings. The van der Waals surface area contributed by atoms with Crippen LogP contribution in [0.25, 0.3) is 0 Å². The van der Waals surface area contributed by atoms with E-state index in [-0.39, 0.29) is 17.1 Å². The van der Waals surface area contributed by atoms with Crippen LogP contribution in [-0.2, 0) is 4.74 Å². The number of ether oxygens (including phenoxy) is 1. The Balaban J connectivity index is 2.02. The molecule has 1 N–H and O–H groups in total. The zero-order chi connectivity index (χ0) is 14.6. The second kappa shape index (κ2) is 6.35. The van der Waals surface area contributed by atoms with Gasteiger partial charge in [-0.05, 0) is 37.5 Å². The van der Waals surface area contributed by atoms with Gasteiger partial charge in [-0.1, -0.05) is 18.9 Å². The van der Waals surface area contributed by atoms with Crippen LogP contribution in [-0.4, -0.2) is 26.2 Å². The van der Waals surface area contributed by atoms with Gasteiger partial charge in [-0.25, -0.2) is 4.39 Å². The van der Waals surface area contributed by atoms with Crippen molar-refractivity contribution in [3.63, 3.8) is 0 Å². The molecule has 1 aromatic rings. The van der Waals surface area contributed by atoms with E-state index in [0.29, 0.717) is 18.7 Å². The third kappa shape index (κ3) is 3.37. The van der Waals surface area contributed by atoms with Crippen LogP contribution in [0.4, 0.5) is 4.39 Å². The summed E-state index contributed by atoms with van der Waals surface area (Å²) < 4.78 is 18.5. The lowest BCUT2D eigenvalue weighted by molar-refractivity contribution is 0.0740. The Morgan fingerprint density at radius 3 is 2.75 bits per heavy atom. The lowest BCUT2D eigenvalue weighted by atomic mass is 9.87. The SMILES string of the molecule is COCC1(CNC(=O)c2cc(F)ccc2C)CCCC1. The van der Waals surface area contributed by atoms with E-state index in [1.54, 1.807) is 13.2 Å². The molecule has 4 heteroatoms. The fourth-order valence-electron chi connectivity index (χ4n) is 3.01. The molecular formula is C16H22FNO2. The highest BCUT2D eigenvalue weighted by molar-refractivity contribution is 5.95. The monoisotopic (exact) mass is 279 g/mol. The minimum absolute atomic E-state index is 0.0473. The molecule has 0 aliphatic heterocycles. The molecule has 0 spiro atoms. The number of aryl methyl sites for hydroxylation is 1. The van der Waals surface area contributed by atoms with Crippen LogP contribution in [0.15, 0.2) is 18.2 Å². The molecule has 20 heavy (non-hydrogen) atoms. The normalized spacial score (nSPS) is 17.1. The summed E-state index contributed by atoms with van der Waals surface area (Å²) >= 11 is 0. The van der Waals surface area contributed by atoms with Crippen molar-refractivity contribution in [1.29, 1.82) is 0 Å². The van der Waals surface area contributed by atoms with E-state index in [1.165, 1.54) is 25.0 Å². The van der Waals surface area contributed by atoms with Crippen LogP contribution < -0.4 is 5.32 Å². The molecule has 0 saturated heterocycles. The van der Waals surface area contributed by atoms with Crippen LogP contribution in [0, 0.1) is 18.2 Å². The molecule has 0 radical (unpaired) electrons. The summed E-state index contributed by atoms with van der Waals surface area (Å²) in [5, 5.41) is 2.95. The first-order valence-electron chi connectivity index (χ1n) is 7.10. The quantitative estimate of drug-likeness (QED) is 0.899. The average molecular weight is 279 g/mol. The van der Waals surface area contributed by atoms with Crippen LogP contribution in [0.1, 0.15) is 41.6 Å². The fraction of sp³-hybridized carbons (Fsp3) is 0.562. The van der Waals surface area contributed by atoms with Gasteiger partial charge in [-0.3, -0.25) is 4.79 Å². The molecule has 0 atom stereocenters. The summed E-state index contributed by atoms with van der Waals surface area (Å²) in [5.41, 5.74) is 1.25. The highest BCUT2D eigenvalue weighted by atomic mass is 19.1. The van der Waals surface area contributed by atoms with Crippen LogP contribution in [0.5, 0.6) is 0 Å². The van der Waals surface area contributed by atoms with Crippen molar-refractivity contribution in [3.05, 3.63) is 35.1 Å². The molecule has 1 aliphatic carbocycles. The molecule has 0 aromatic heterocycles. The van der Waals surface area contributed by atoms with E-state index < -0.39 is 0 Å². The first kappa shape index (κ1) is 15.0. The zero-order valence-corrected chi connectivity index (χ0v) is 12.2. The van der Waals surface area contributed by atoms with Gasteiger partial charge in [-0.2, -0.15) is 0 Å². The van der Waals surface area contributed by atoms with Crippen LogP contribution in [0.2, 0.25) is 0 Å². The second-order valence-corrected chi connectivity index (χ2v) is 5.78. The van der Waals surface area contributed by atoms with Crippen LogP contribution in [0.3, 0.4) is 0 Å². The van der Waals surface area contributed by atoms with E-state index in [4.69, 9.17) is 4.74 Å². The first-order chi connectivity index (χ1) is 9.56. The Labute approximate surface area is 119 Å². The average Bonchev–Trinajstić information content (AvgIpc) is 2.88. The lowest BCUT2D eigenvalue weighted by Gasteiger charge is -2.28. The number of hydrogen-bond donors (Lipinski definition) is 1. The van der Waals surface area contributed by atoms with Gasteiger partial charge in [0.05, 0.1) is 6.61 Å². The molecule has 0 bridgehead atoms. The van der Waals surface area contributed by atoms with Gasteiger partial charge in [-0.15, -0.1) is 0 Å². The topological polar surface area (TPSA) is 38.3 Å². The van der Waals surface area contributed by atoms with Crippen molar-refractivity contribution >= 4 is 5.91 Å². The lowest BCUT2D eigenvalue weighted by Crippen LogP contribution is -2.39. The molecule has 110 valence electrons. The maximum atomic E-state index is 13.2. The van der Waals surface area contributed by atoms with Crippen molar-refractivity contribution in [3.8, 4) is 0 Å². The molecule has 3 nitrogen and oxygen atoms in total. The van der Waals surface area contributed by atoms with Crippen LogP contribution >= 0.6 is 0 Å². The Morgan fingerprint density at radius 2 is 2.10 bits per heavy atom. The van der Waals surface area contributed by atoms with E-state index in [1.807, 2.05) is 6.92 Å². The van der Waals surface area contributed by atoms with E-state index in [9.17, 15) is 9.18 Å². The van der Waals surface area contributed by atoms with Gasteiger partial charge >= 0.3 is 0 Å². The third-order valence-corrected chi connectivity index (χ3v) is 4.18. The zero-order valence-electron chi connectivity index (χ0n) is 12.2. The van der Waals surface area contributed by atoms with Crippen molar-refractivity contribution in [1.82, 2.24) is 5.32 Å². The molecule has 1 saturated carbocycles. The number of methoxy groups -OCH3 is 1. The maximum absolute atomic E-state index is 13.2. The minimum atomic E-state index is -0.381. The summed E-state index contributed by atoms with van der Waals surface area (Å²) in [6.45, 7) is 3.07. The number of amides is 1. The Bertz CT molecular complexity index is 481. The largest absolute Gasteiger partial charge is 0.384 e. The summed E-state index contributed by atoms with van der Waals surface area (Å²) in [4.78, 5) is 12.2. The van der Waals surface area contributed by atoms with Crippen molar-refractivity contribution < 1.29 is 13.9 Å². The summed E-state index contributed by atoms with van der Waals surface area (Å²) in [6, 6.07) is 4.29. The van der Waals surface area contributed by atoms with Gasteiger partial charge in [0, 0.05) is 24.6 Å². The van der Waals surface area contributed by atoms with Gasteiger partial charge < -0.3 is 10.1 Å². The van der Waals surface area contributed by atoms with Gasteiger partial charge in [0.25, 0.3) is 5.91 Å². The summed E-state index contributed by atoms with van der Waals surface area (Å²) in [5.74, 6) is -0.586. The second-order valence-electron chi connectivity index (χ2n) is 5.78. The molecule has 1 amide bonds. The number of halogens is 1. The van der Waals surface area contributed by atoms with Gasteiger partial charge in [0.2, 0.25) is 0 Å². The number of rotatable bonds is 5. The van der Waals surface area contributed by atoms with Crippen molar-refractivity contribution in [2.24, 2.45) is 5.41 Å². The molecule has 1 fully saturated rings. The number of carbonyl (C=O) groups is 1. The number of benzene rings is 1. The van der Waals surface area contributed by atoms with Crippen molar-refractivity contribution in [2.45, 2.75) is 32.6 Å². The summed E-state index contributed by atoms with van der Waals surface area (Å²) in [7, 11) is 1.69. The molecule has 0 unspecified atom stereocenters. The van der Waals surface area contributed by atoms with E-state index in [2.05, 4.69) is 5.32 Å². The molecule has 0 heterocycles. The number of hydrogen-bond acceptors (Lipinski definition) is 2. The summed E-state index contributed by atoms with van der Waals surface area (Å²) in [6.07, 6.45) is 4.50. The Kier molecular flexibility index (Phi) is 4.76. The predicted molar refractivity (Wildman–Crippen MR) is 76.2 cm³/mol. The standard InChI is InChI=1S/C16H22FNO2/c1-12-5-6-13(17)9-14(12)15(19)18-10-16(11-20-2)7-3-4-8-16/h5-6,9H,3-4,7-8,10-11H2,1-2H3,(H,18,19). The van der Waals surface area contributed by atoms with E-state index in [0.717, 1.165) is 18.4 Å².